The molecule has 0 aliphatic rings. The Morgan fingerprint density at radius 2 is 1.94 bits per heavy atom. The van der Waals surface area contributed by atoms with Crippen LogP contribution in [0.4, 0.5) is 5.69 Å². The summed E-state index contributed by atoms with van der Waals surface area (Å²) in [7, 11) is 0. The van der Waals surface area contributed by atoms with Gasteiger partial charge in [0.25, 0.3) is 5.91 Å². The highest BCUT2D eigenvalue weighted by Gasteiger charge is 2.07. The molecular weight excluding hydrogens is 351 g/mol. The van der Waals surface area contributed by atoms with Gasteiger partial charge >= 0.3 is 0 Å². The number of pyridine rings is 1. The normalized spacial score (nSPS) is 10.0. The van der Waals surface area contributed by atoms with Crippen molar-refractivity contribution in [1.29, 1.82) is 0 Å². The second kappa shape index (κ2) is 5.46. The van der Waals surface area contributed by atoms with Gasteiger partial charge in [0.2, 0.25) is 0 Å². The highest BCUT2D eigenvalue weighted by atomic mass is 127. The quantitative estimate of drug-likeness (QED) is 0.834. The minimum atomic E-state index is -0.160. The molecule has 5 heteroatoms. The van der Waals surface area contributed by atoms with Crippen molar-refractivity contribution in [3.05, 3.63) is 56.9 Å². The summed E-state index contributed by atoms with van der Waals surface area (Å²) in [6.07, 6.45) is 3.17. The molecule has 2 rings (SSSR count). The maximum atomic E-state index is 11.9. The van der Waals surface area contributed by atoms with E-state index in [1.165, 1.54) is 0 Å². The van der Waals surface area contributed by atoms with Crippen LogP contribution in [0.15, 0.2) is 42.7 Å². The number of carbonyl (C=O) groups is 1. The molecule has 3 nitrogen and oxygen atoms in total. The molecule has 0 bridgehead atoms. The first kappa shape index (κ1) is 12.3. The van der Waals surface area contributed by atoms with Crippen LogP contribution >= 0.6 is 34.2 Å². The standard InChI is InChI=1S/C12H8ClIN2O/c13-9-1-2-11(10(14)7-9)16-12(17)8-3-5-15-6-4-8/h1-7H,(H,16,17). The molecule has 1 heterocycles. The lowest BCUT2D eigenvalue weighted by atomic mass is 10.2. The molecule has 1 aromatic carbocycles. The van der Waals surface area contributed by atoms with Crippen molar-refractivity contribution in [2.24, 2.45) is 0 Å². The summed E-state index contributed by atoms with van der Waals surface area (Å²) in [5, 5.41) is 3.47. The van der Waals surface area contributed by atoms with Gasteiger partial charge in [-0.15, -0.1) is 0 Å². The molecule has 1 amide bonds. The molecule has 0 fully saturated rings. The van der Waals surface area contributed by atoms with E-state index in [0.29, 0.717) is 10.6 Å². The van der Waals surface area contributed by atoms with Gasteiger partial charge in [-0.05, 0) is 52.9 Å². The fourth-order valence-corrected chi connectivity index (χ4v) is 2.29. The Bertz CT molecular complexity index is 545. The fraction of sp³-hybridized carbons (Fsp3) is 0. The average Bonchev–Trinajstić information content (AvgIpc) is 2.34. The molecule has 0 aliphatic carbocycles. The van der Waals surface area contributed by atoms with Crippen LogP contribution in [-0.2, 0) is 0 Å². The first-order valence-corrected chi connectivity index (χ1v) is 6.29. The van der Waals surface area contributed by atoms with Crippen molar-refractivity contribution < 1.29 is 4.79 Å². The smallest absolute Gasteiger partial charge is 0.255 e. The van der Waals surface area contributed by atoms with Gasteiger partial charge in [0.15, 0.2) is 0 Å². The number of nitrogens with zero attached hydrogens (tertiary/aromatic N) is 1. The van der Waals surface area contributed by atoms with E-state index in [1.807, 2.05) is 0 Å². The summed E-state index contributed by atoms with van der Waals surface area (Å²) < 4.78 is 0.900. The Kier molecular flexibility index (Phi) is 3.96. The van der Waals surface area contributed by atoms with E-state index in [0.717, 1.165) is 9.26 Å². The first-order valence-electron chi connectivity index (χ1n) is 4.83. The number of hydrogen-bond acceptors (Lipinski definition) is 2. The van der Waals surface area contributed by atoms with E-state index in [4.69, 9.17) is 11.6 Å². The maximum Gasteiger partial charge on any atom is 0.255 e. The predicted molar refractivity (Wildman–Crippen MR) is 76.4 cm³/mol. The van der Waals surface area contributed by atoms with Crippen LogP contribution in [0.25, 0.3) is 0 Å². The number of nitrogens with one attached hydrogen (secondary N) is 1. The highest BCUT2D eigenvalue weighted by molar-refractivity contribution is 14.1. The van der Waals surface area contributed by atoms with E-state index in [1.54, 1.807) is 42.7 Å². The number of amides is 1. The number of carbonyl (C=O) groups excluding carboxylic acids is 1. The average molecular weight is 359 g/mol. The topological polar surface area (TPSA) is 42.0 Å². The summed E-state index contributed by atoms with van der Waals surface area (Å²) >= 11 is 7.97. The van der Waals surface area contributed by atoms with E-state index >= 15 is 0 Å². The number of halogens is 2. The Morgan fingerprint density at radius 3 is 2.59 bits per heavy atom. The van der Waals surface area contributed by atoms with Crippen molar-refractivity contribution in [2.75, 3.05) is 5.32 Å². The largest absolute Gasteiger partial charge is 0.321 e. The van der Waals surface area contributed by atoms with Crippen LogP contribution in [0.5, 0.6) is 0 Å². The van der Waals surface area contributed by atoms with Gasteiger partial charge in [-0.2, -0.15) is 0 Å². The predicted octanol–water partition coefficient (Wildman–Crippen LogP) is 3.59. The van der Waals surface area contributed by atoms with E-state index < -0.39 is 0 Å². The molecule has 0 spiro atoms. The van der Waals surface area contributed by atoms with Gasteiger partial charge < -0.3 is 5.32 Å². The van der Waals surface area contributed by atoms with Gasteiger partial charge in [0, 0.05) is 26.5 Å². The lowest BCUT2D eigenvalue weighted by Gasteiger charge is -2.07. The van der Waals surface area contributed by atoms with Gasteiger partial charge in [-0.25, -0.2) is 0 Å². The summed E-state index contributed by atoms with van der Waals surface area (Å²) in [6, 6.07) is 8.65. The minimum absolute atomic E-state index is 0.160. The molecule has 0 atom stereocenters. The summed E-state index contributed by atoms with van der Waals surface area (Å²) in [5.41, 5.74) is 1.32. The van der Waals surface area contributed by atoms with Gasteiger partial charge in [-0.3, -0.25) is 9.78 Å². The Labute approximate surface area is 117 Å². The molecule has 0 aliphatic heterocycles. The molecule has 2 aromatic rings. The maximum absolute atomic E-state index is 11.9. The van der Waals surface area contributed by atoms with Crippen molar-refractivity contribution in [1.82, 2.24) is 4.98 Å². The van der Waals surface area contributed by atoms with Gasteiger partial charge in [0.1, 0.15) is 0 Å². The van der Waals surface area contributed by atoms with Crippen LogP contribution in [0.2, 0.25) is 5.02 Å². The molecule has 1 N–H and O–H groups in total. The summed E-state index contributed by atoms with van der Waals surface area (Å²) in [4.78, 5) is 15.7. The molecule has 17 heavy (non-hydrogen) atoms. The zero-order valence-electron chi connectivity index (χ0n) is 8.65. The third-order valence-corrected chi connectivity index (χ3v) is 3.25. The van der Waals surface area contributed by atoms with Crippen molar-refractivity contribution in [3.8, 4) is 0 Å². The zero-order valence-corrected chi connectivity index (χ0v) is 11.6. The van der Waals surface area contributed by atoms with E-state index in [-0.39, 0.29) is 5.91 Å². The van der Waals surface area contributed by atoms with Crippen molar-refractivity contribution in [3.63, 3.8) is 0 Å². The lowest BCUT2D eigenvalue weighted by Crippen LogP contribution is -2.12. The number of rotatable bonds is 2. The number of hydrogen-bond donors (Lipinski definition) is 1. The second-order valence-electron chi connectivity index (χ2n) is 3.31. The first-order chi connectivity index (χ1) is 8.16. The van der Waals surface area contributed by atoms with Crippen LogP contribution < -0.4 is 5.32 Å². The van der Waals surface area contributed by atoms with E-state index in [2.05, 4.69) is 32.9 Å². The van der Waals surface area contributed by atoms with Crippen LogP contribution in [0, 0.1) is 3.57 Å². The summed E-state index contributed by atoms with van der Waals surface area (Å²) in [5.74, 6) is -0.160. The van der Waals surface area contributed by atoms with Crippen molar-refractivity contribution in [2.45, 2.75) is 0 Å². The third kappa shape index (κ3) is 3.17. The number of benzene rings is 1. The minimum Gasteiger partial charge on any atom is -0.321 e. The monoisotopic (exact) mass is 358 g/mol. The zero-order chi connectivity index (χ0) is 12.3. The van der Waals surface area contributed by atoms with E-state index in [9.17, 15) is 4.79 Å². The number of anilines is 1. The van der Waals surface area contributed by atoms with Crippen LogP contribution in [-0.4, -0.2) is 10.9 Å². The molecule has 0 saturated heterocycles. The SMILES string of the molecule is O=C(Nc1ccc(Cl)cc1I)c1ccncc1. The van der Waals surface area contributed by atoms with Crippen molar-refractivity contribution >= 4 is 45.8 Å². The lowest BCUT2D eigenvalue weighted by molar-refractivity contribution is 0.102. The van der Waals surface area contributed by atoms with Gasteiger partial charge in [-0.1, -0.05) is 11.6 Å². The second-order valence-corrected chi connectivity index (χ2v) is 4.91. The summed E-state index contributed by atoms with van der Waals surface area (Å²) in [6.45, 7) is 0. The molecule has 0 saturated carbocycles. The molecule has 86 valence electrons. The number of aromatic nitrogens is 1. The highest BCUT2D eigenvalue weighted by Crippen LogP contribution is 2.22. The molecular formula is C12H8ClIN2O. The fourth-order valence-electron chi connectivity index (χ4n) is 1.29. The Balaban J connectivity index is 2.19. The van der Waals surface area contributed by atoms with Gasteiger partial charge in [0.05, 0.1) is 5.69 Å². The third-order valence-electron chi connectivity index (χ3n) is 2.12. The van der Waals surface area contributed by atoms with Crippen LogP contribution in [0.1, 0.15) is 10.4 Å². The Morgan fingerprint density at radius 1 is 1.24 bits per heavy atom. The Hall–Kier alpha value is -1.14. The van der Waals surface area contributed by atoms with Crippen LogP contribution in [0.3, 0.4) is 0 Å². The molecule has 1 aromatic heterocycles. The molecule has 0 unspecified atom stereocenters. The molecule has 0 radical (unpaired) electrons.